The normalized spacial score (nSPS) is 10.4. The van der Waals surface area contributed by atoms with Crippen molar-refractivity contribution in [2.24, 2.45) is 0 Å². The minimum Gasteiger partial charge on any atom is -0.351 e. The van der Waals surface area contributed by atoms with Crippen LogP contribution in [0, 0.1) is 13.8 Å². The van der Waals surface area contributed by atoms with E-state index in [-0.39, 0.29) is 5.91 Å². The smallest absolute Gasteiger partial charge is 0.234 e. The van der Waals surface area contributed by atoms with Crippen LogP contribution >= 0.6 is 0 Å². The summed E-state index contributed by atoms with van der Waals surface area (Å²) in [6.45, 7) is 5.79. The molecular weight excluding hydrogens is 260 g/mol. The molecule has 110 valence electrons. The van der Waals surface area contributed by atoms with Gasteiger partial charge >= 0.3 is 0 Å². The third-order valence-electron chi connectivity index (χ3n) is 3.23. The number of carbonyl (C=O) groups excluding carboxylic acids is 1. The predicted octanol–water partition coefficient (Wildman–Crippen LogP) is 2.71. The zero-order valence-corrected chi connectivity index (χ0v) is 12.6. The van der Waals surface area contributed by atoms with Crippen LogP contribution in [0.25, 0.3) is 0 Å². The van der Waals surface area contributed by atoms with Crippen molar-refractivity contribution in [1.29, 1.82) is 0 Å². The Balaban J connectivity index is 1.72. The molecule has 2 rings (SSSR count). The van der Waals surface area contributed by atoms with E-state index in [9.17, 15) is 4.79 Å². The lowest BCUT2D eigenvalue weighted by Crippen LogP contribution is -2.33. The van der Waals surface area contributed by atoms with Crippen LogP contribution in [0.2, 0.25) is 0 Å². The number of benzene rings is 2. The Morgan fingerprint density at radius 1 is 0.905 bits per heavy atom. The molecule has 2 aromatic carbocycles. The first kappa shape index (κ1) is 15.3. The number of aryl methyl sites for hydroxylation is 2. The molecule has 0 aromatic heterocycles. The molecule has 0 heterocycles. The molecule has 0 fully saturated rings. The second-order valence-electron chi connectivity index (χ2n) is 5.36. The third kappa shape index (κ3) is 5.40. The van der Waals surface area contributed by atoms with Crippen molar-refractivity contribution in [1.82, 2.24) is 10.6 Å². The van der Waals surface area contributed by atoms with Crippen LogP contribution in [0.3, 0.4) is 0 Å². The van der Waals surface area contributed by atoms with Gasteiger partial charge in [0, 0.05) is 13.1 Å². The average Bonchev–Trinajstić information content (AvgIpc) is 2.45. The fraction of sp³-hybridized carbons (Fsp3) is 0.278. The van der Waals surface area contributed by atoms with E-state index in [4.69, 9.17) is 0 Å². The van der Waals surface area contributed by atoms with E-state index < -0.39 is 0 Å². The molecule has 0 saturated heterocycles. The maximum atomic E-state index is 11.8. The quantitative estimate of drug-likeness (QED) is 0.855. The molecule has 0 aliphatic rings. The average molecular weight is 282 g/mol. The summed E-state index contributed by atoms with van der Waals surface area (Å²) in [5, 5.41) is 6.09. The lowest BCUT2D eigenvalue weighted by atomic mass is 10.1. The molecule has 0 spiro atoms. The highest BCUT2D eigenvalue weighted by Crippen LogP contribution is 2.08. The second kappa shape index (κ2) is 7.60. The molecule has 3 nitrogen and oxygen atoms in total. The van der Waals surface area contributed by atoms with E-state index in [0.29, 0.717) is 19.6 Å². The van der Waals surface area contributed by atoms with Gasteiger partial charge in [-0.05, 0) is 25.0 Å². The Hall–Kier alpha value is -2.13. The molecule has 0 radical (unpaired) electrons. The molecule has 2 aromatic rings. The van der Waals surface area contributed by atoms with E-state index in [2.05, 4.69) is 42.7 Å². The fourth-order valence-corrected chi connectivity index (χ4v) is 2.35. The van der Waals surface area contributed by atoms with Gasteiger partial charge < -0.3 is 10.6 Å². The fourth-order valence-electron chi connectivity index (χ4n) is 2.35. The largest absolute Gasteiger partial charge is 0.351 e. The lowest BCUT2D eigenvalue weighted by Gasteiger charge is -2.08. The maximum absolute atomic E-state index is 11.8. The van der Waals surface area contributed by atoms with E-state index in [1.165, 1.54) is 16.7 Å². The molecule has 2 N–H and O–H groups in total. The summed E-state index contributed by atoms with van der Waals surface area (Å²) in [5.41, 5.74) is 4.82. The zero-order valence-electron chi connectivity index (χ0n) is 12.6. The summed E-state index contributed by atoms with van der Waals surface area (Å²) in [5.74, 6) is 0.0169. The number of rotatable bonds is 6. The number of hydrogen-bond acceptors (Lipinski definition) is 2. The lowest BCUT2D eigenvalue weighted by molar-refractivity contribution is -0.120. The minimum atomic E-state index is 0.0169. The summed E-state index contributed by atoms with van der Waals surface area (Å²) in [6, 6.07) is 16.3. The number of amides is 1. The minimum absolute atomic E-state index is 0.0169. The molecule has 1 amide bonds. The van der Waals surface area contributed by atoms with E-state index in [1.807, 2.05) is 30.3 Å². The van der Waals surface area contributed by atoms with Crippen LogP contribution in [0.5, 0.6) is 0 Å². The molecule has 0 aliphatic carbocycles. The van der Waals surface area contributed by atoms with Gasteiger partial charge in [-0.15, -0.1) is 0 Å². The Labute approximate surface area is 126 Å². The monoisotopic (exact) mass is 282 g/mol. The van der Waals surface area contributed by atoms with Crippen molar-refractivity contribution >= 4 is 5.91 Å². The Bertz CT molecular complexity index is 573. The number of nitrogens with one attached hydrogen (secondary N) is 2. The highest BCUT2D eigenvalue weighted by Gasteiger charge is 2.01. The summed E-state index contributed by atoms with van der Waals surface area (Å²) in [7, 11) is 0. The molecule has 0 bridgehead atoms. The van der Waals surface area contributed by atoms with Crippen LogP contribution in [0.1, 0.15) is 22.3 Å². The molecule has 0 saturated carbocycles. The molecule has 3 heteroatoms. The van der Waals surface area contributed by atoms with Crippen molar-refractivity contribution in [3.05, 3.63) is 70.8 Å². The van der Waals surface area contributed by atoms with Crippen molar-refractivity contribution in [3.8, 4) is 0 Å². The van der Waals surface area contributed by atoms with Gasteiger partial charge in [0.2, 0.25) is 5.91 Å². The molecule has 21 heavy (non-hydrogen) atoms. The van der Waals surface area contributed by atoms with Crippen LogP contribution in [-0.4, -0.2) is 12.5 Å². The SMILES string of the molecule is Cc1cc(C)cc(CNCC(=O)NCc2ccccc2)c1. The summed E-state index contributed by atoms with van der Waals surface area (Å²) >= 11 is 0. The summed E-state index contributed by atoms with van der Waals surface area (Å²) in [6.07, 6.45) is 0. The van der Waals surface area contributed by atoms with Gasteiger partial charge in [0.05, 0.1) is 6.54 Å². The van der Waals surface area contributed by atoms with Crippen LogP contribution in [-0.2, 0) is 17.9 Å². The molecule has 0 unspecified atom stereocenters. The number of carbonyl (C=O) groups is 1. The van der Waals surface area contributed by atoms with Gasteiger partial charge in [0.15, 0.2) is 0 Å². The number of hydrogen-bond donors (Lipinski definition) is 2. The van der Waals surface area contributed by atoms with E-state index in [0.717, 1.165) is 5.56 Å². The summed E-state index contributed by atoms with van der Waals surface area (Å²) in [4.78, 5) is 11.8. The zero-order chi connectivity index (χ0) is 15.1. The molecule has 0 aliphatic heterocycles. The van der Waals surface area contributed by atoms with Gasteiger partial charge in [-0.2, -0.15) is 0 Å². The Morgan fingerprint density at radius 3 is 2.24 bits per heavy atom. The molecule has 0 atom stereocenters. The topological polar surface area (TPSA) is 41.1 Å². The third-order valence-corrected chi connectivity index (χ3v) is 3.23. The van der Waals surface area contributed by atoms with Crippen molar-refractivity contribution in [2.75, 3.05) is 6.54 Å². The van der Waals surface area contributed by atoms with Crippen molar-refractivity contribution < 1.29 is 4.79 Å². The second-order valence-corrected chi connectivity index (χ2v) is 5.36. The van der Waals surface area contributed by atoms with Gasteiger partial charge in [0.1, 0.15) is 0 Å². The van der Waals surface area contributed by atoms with Gasteiger partial charge in [0.25, 0.3) is 0 Å². The summed E-state index contributed by atoms with van der Waals surface area (Å²) < 4.78 is 0. The van der Waals surface area contributed by atoms with Crippen LogP contribution < -0.4 is 10.6 Å². The molecular formula is C18H22N2O. The van der Waals surface area contributed by atoms with Crippen LogP contribution in [0.4, 0.5) is 0 Å². The first-order valence-electron chi connectivity index (χ1n) is 7.22. The standard InChI is InChI=1S/C18H22N2O/c1-14-8-15(2)10-17(9-14)11-19-13-18(21)20-12-16-6-4-3-5-7-16/h3-10,19H,11-13H2,1-2H3,(H,20,21). The Morgan fingerprint density at radius 2 is 1.57 bits per heavy atom. The van der Waals surface area contributed by atoms with Gasteiger partial charge in [-0.25, -0.2) is 0 Å². The highest BCUT2D eigenvalue weighted by molar-refractivity contribution is 5.77. The van der Waals surface area contributed by atoms with Gasteiger partial charge in [-0.3, -0.25) is 4.79 Å². The van der Waals surface area contributed by atoms with Gasteiger partial charge in [-0.1, -0.05) is 59.7 Å². The van der Waals surface area contributed by atoms with Crippen molar-refractivity contribution in [2.45, 2.75) is 26.9 Å². The van der Waals surface area contributed by atoms with E-state index >= 15 is 0 Å². The van der Waals surface area contributed by atoms with Crippen LogP contribution in [0.15, 0.2) is 48.5 Å². The van der Waals surface area contributed by atoms with Crippen molar-refractivity contribution in [3.63, 3.8) is 0 Å². The first-order chi connectivity index (χ1) is 10.1. The predicted molar refractivity (Wildman–Crippen MR) is 85.9 cm³/mol. The maximum Gasteiger partial charge on any atom is 0.234 e. The van der Waals surface area contributed by atoms with E-state index in [1.54, 1.807) is 0 Å². The highest BCUT2D eigenvalue weighted by atomic mass is 16.1. The Kier molecular flexibility index (Phi) is 5.52. The first-order valence-corrected chi connectivity index (χ1v) is 7.22.